The van der Waals surface area contributed by atoms with E-state index >= 15 is 0 Å². The lowest BCUT2D eigenvalue weighted by Gasteiger charge is -2.34. The van der Waals surface area contributed by atoms with Crippen molar-refractivity contribution in [3.8, 4) is 0 Å². The first-order valence-corrected chi connectivity index (χ1v) is 10.1. The highest BCUT2D eigenvalue weighted by atomic mass is 16.2. The van der Waals surface area contributed by atoms with Gasteiger partial charge < -0.3 is 15.1 Å². The van der Waals surface area contributed by atoms with Crippen molar-refractivity contribution in [3.63, 3.8) is 0 Å². The van der Waals surface area contributed by atoms with Gasteiger partial charge in [-0.15, -0.1) is 0 Å². The normalized spacial score (nSPS) is 22.4. The fourth-order valence-corrected chi connectivity index (χ4v) is 4.00. The average molecular weight is 373 g/mol. The van der Waals surface area contributed by atoms with E-state index < -0.39 is 0 Å². The number of rotatable bonds is 3. The van der Waals surface area contributed by atoms with Crippen LogP contribution in [0.15, 0.2) is 30.3 Å². The summed E-state index contributed by atoms with van der Waals surface area (Å²) in [6.07, 6.45) is 2.67. The molecule has 0 spiro atoms. The van der Waals surface area contributed by atoms with Gasteiger partial charge in [0.15, 0.2) is 0 Å². The summed E-state index contributed by atoms with van der Waals surface area (Å²) in [5.74, 6) is 0.124. The number of piperidine rings is 1. The minimum absolute atomic E-state index is 0.0466. The van der Waals surface area contributed by atoms with Crippen molar-refractivity contribution in [1.29, 1.82) is 0 Å². The van der Waals surface area contributed by atoms with Crippen molar-refractivity contribution in [3.05, 3.63) is 35.9 Å². The van der Waals surface area contributed by atoms with Gasteiger partial charge in [-0.2, -0.15) is 0 Å². The molecule has 2 fully saturated rings. The minimum Gasteiger partial charge on any atom is -0.343 e. The number of hydrogen-bond acceptors (Lipinski definition) is 3. The van der Waals surface area contributed by atoms with Crippen LogP contribution < -0.4 is 5.32 Å². The van der Waals surface area contributed by atoms with Gasteiger partial charge in [0.2, 0.25) is 5.91 Å². The van der Waals surface area contributed by atoms with Gasteiger partial charge >= 0.3 is 6.03 Å². The van der Waals surface area contributed by atoms with E-state index in [0.717, 1.165) is 58.5 Å². The molecule has 1 N–H and O–H groups in total. The van der Waals surface area contributed by atoms with E-state index in [4.69, 9.17) is 0 Å². The molecular weight excluding hydrogens is 340 g/mol. The number of amides is 3. The van der Waals surface area contributed by atoms with E-state index in [1.807, 2.05) is 15.9 Å². The van der Waals surface area contributed by atoms with Crippen LogP contribution in [0.2, 0.25) is 0 Å². The highest BCUT2D eigenvalue weighted by Crippen LogP contribution is 2.16. The third-order valence-corrected chi connectivity index (χ3v) is 5.83. The molecule has 0 aliphatic carbocycles. The van der Waals surface area contributed by atoms with Crippen LogP contribution in [-0.2, 0) is 11.3 Å². The molecule has 0 saturated carbocycles. The molecule has 1 aromatic carbocycles. The molecule has 6 nitrogen and oxygen atoms in total. The van der Waals surface area contributed by atoms with Crippen molar-refractivity contribution in [2.75, 3.05) is 32.7 Å². The summed E-state index contributed by atoms with van der Waals surface area (Å²) in [5, 5.41) is 3.20. The zero-order valence-electron chi connectivity index (χ0n) is 16.6. The number of nitrogens with one attached hydrogen (secondary N) is 1. The molecule has 3 amide bonds. The van der Waals surface area contributed by atoms with Gasteiger partial charge in [-0.1, -0.05) is 30.3 Å². The minimum atomic E-state index is 0.0466. The van der Waals surface area contributed by atoms with Gasteiger partial charge in [-0.05, 0) is 31.7 Å². The quantitative estimate of drug-likeness (QED) is 0.886. The molecule has 27 heavy (non-hydrogen) atoms. The molecule has 1 aromatic rings. The first-order valence-electron chi connectivity index (χ1n) is 10.1. The average Bonchev–Trinajstić information content (AvgIpc) is 2.85. The van der Waals surface area contributed by atoms with E-state index in [9.17, 15) is 9.59 Å². The summed E-state index contributed by atoms with van der Waals surface area (Å²) >= 11 is 0. The van der Waals surface area contributed by atoms with E-state index in [2.05, 4.69) is 41.4 Å². The highest BCUT2D eigenvalue weighted by Gasteiger charge is 2.28. The summed E-state index contributed by atoms with van der Waals surface area (Å²) < 4.78 is 0. The smallest absolute Gasteiger partial charge is 0.317 e. The molecule has 2 aliphatic rings. The van der Waals surface area contributed by atoms with Crippen molar-refractivity contribution < 1.29 is 9.59 Å². The summed E-state index contributed by atoms with van der Waals surface area (Å²) in [6.45, 7) is 8.83. The standard InChI is InChI=1S/C21H32N4O2/c1-17-8-11-23(16-19-6-4-3-5-7-19)14-15-25(17)21(27)22-20-9-12-24(13-10-20)18(2)26/h3-7,17,20H,8-16H2,1-2H3,(H,22,27). The second-order valence-corrected chi connectivity index (χ2v) is 7.82. The Morgan fingerprint density at radius 2 is 1.70 bits per heavy atom. The van der Waals surface area contributed by atoms with Crippen LogP contribution in [0.25, 0.3) is 0 Å². The molecule has 3 rings (SSSR count). The van der Waals surface area contributed by atoms with Crippen LogP contribution in [0.5, 0.6) is 0 Å². The van der Waals surface area contributed by atoms with Crippen LogP contribution in [0.1, 0.15) is 38.7 Å². The molecular formula is C21H32N4O2. The zero-order chi connectivity index (χ0) is 19.2. The number of carbonyl (C=O) groups excluding carboxylic acids is 2. The lowest BCUT2D eigenvalue weighted by molar-refractivity contribution is -0.129. The summed E-state index contributed by atoms with van der Waals surface area (Å²) in [4.78, 5) is 30.6. The molecule has 0 bridgehead atoms. The van der Waals surface area contributed by atoms with Gasteiger partial charge in [-0.25, -0.2) is 4.79 Å². The maximum atomic E-state index is 12.8. The zero-order valence-corrected chi connectivity index (χ0v) is 16.6. The molecule has 148 valence electrons. The van der Waals surface area contributed by atoms with Crippen LogP contribution in [-0.4, -0.2) is 71.4 Å². The SMILES string of the molecule is CC(=O)N1CCC(NC(=O)N2CCN(Cc3ccccc3)CCC2C)CC1. The van der Waals surface area contributed by atoms with E-state index in [0.29, 0.717) is 0 Å². The summed E-state index contributed by atoms with van der Waals surface area (Å²) in [6, 6.07) is 11.0. The molecule has 2 saturated heterocycles. The Labute approximate surface area is 162 Å². The summed E-state index contributed by atoms with van der Waals surface area (Å²) in [7, 11) is 0. The number of likely N-dealkylation sites (tertiary alicyclic amines) is 1. The Bertz CT molecular complexity index is 628. The van der Waals surface area contributed by atoms with Gasteiger partial charge in [-0.3, -0.25) is 9.69 Å². The Kier molecular flexibility index (Phi) is 6.72. The van der Waals surface area contributed by atoms with Crippen LogP contribution in [0, 0.1) is 0 Å². The van der Waals surface area contributed by atoms with Crippen molar-refractivity contribution in [2.24, 2.45) is 0 Å². The van der Waals surface area contributed by atoms with Crippen molar-refractivity contribution in [2.45, 2.75) is 51.7 Å². The van der Waals surface area contributed by atoms with Crippen LogP contribution in [0.4, 0.5) is 4.79 Å². The maximum Gasteiger partial charge on any atom is 0.317 e. The third kappa shape index (κ3) is 5.45. The topological polar surface area (TPSA) is 55.9 Å². The van der Waals surface area contributed by atoms with Gasteiger partial charge in [0, 0.05) is 58.3 Å². The second kappa shape index (κ2) is 9.22. The predicted molar refractivity (Wildman–Crippen MR) is 106 cm³/mol. The van der Waals surface area contributed by atoms with Gasteiger partial charge in [0.05, 0.1) is 0 Å². The Hall–Kier alpha value is -2.08. The van der Waals surface area contributed by atoms with Gasteiger partial charge in [0.1, 0.15) is 0 Å². The molecule has 1 unspecified atom stereocenters. The van der Waals surface area contributed by atoms with Crippen LogP contribution >= 0.6 is 0 Å². The molecule has 2 heterocycles. The number of hydrogen-bond donors (Lipinski definition) is 1. The second-order valence-electron chi connectivity index (χ2n) is 7.82. The first-order chi connectivity index (χ1) is 13.0. The fraction of sp³-hybridized carbons (Fsp3) is 0.619. The van der Waals surface area contributed by atoms with E-state index in [1.165, 1.54) is 5.56 Å². The summed E-state index contributed by atoms with van der Waals surface area (Å²) in [5.41, 5.74) is 1.32. The largest absolute Gasteiger partial charge is 0.343 e. The van der Waals surface area contributed by atoms with Crippen molar-refractivity contribution >= 4 is 11.9 Å². The number of carbonyl (C=O) groups is 2. The van der Waals surface area contributed by atoms with E-state index in [1.54, 1.807) is 6.92 Å². The Balaban J connectivity index is 1.49. The fourth-order valence-electron chi connectivity index (χ4n) is 4.00. The lowest BCUT2D eigenvalue weighted by atomic mass is 10.1. The molecule has 0 aromatic heterocycles. The number of nitrogens with zero attached hydrogens (tertiary/aromatic N) is 3. The Morgan fingerprint density at radius 3 is 2.37 bits per heavy atom. The molecule has 1 atom stereocenters. The highest BCUT2D eigenvalue weighted by molar-refractivity contribution is 5.75. The monoisotopic (exact) mass is 372 g/mol. The van der Waals surface area contributed by atoms with Gasteiger partial charge in [0.25, 0.3) is 0 Å². The lowest BCUT2D eigenvalue weighted by Crippen LogP contribution is -2.52. The third-order valence-electron chi connectivity index (χ3n) is 5.83. The molecule has 2 aliphatic heterocycles. The van der Waals surface area contributed by atoms with Crippen LogP contribution in [0.3, 0.4) is 0 Å². The predicted octanol–water partition coefficient (Wildman–Crippen LogP) is 2.30. The number of benzene rings is 1. The Morgan fingerprint density at radius 1 is 1.00 bits per heavy atom. The maximum absolute atomic E-state index is 12.8. The molecule has 6 heteroatoms. The van der Waals surface area contributed by atoms with Crippen molar-refractivity contribution in [1.82, 2.24) is 20.0 Å². The number of urea groups is 1. The van der Waals surface area contributed by atoms with E-state index in [-0.39, 0.29) is 24.0 Å². The molecule has 0 radical (unpaired) electrons. The first kappa shape index (κ1) is 19.7.